The first-order valence-corrected chi connectivity index (χ1v) is 6.41. The lowest BCUT2D eigenvalue weighted by Gasteiger charge is -2.10. The lowest BCUT2D eigenvalue weighted by atomic mass is 10.1. The summed E-state index contributed by atoms with van der Waals surface area (Å²) in [6.07, 6.45) is 2.10. The molecule has 5 heteroatoms. The summed E-state index contributed by atoms with van der Waals surface area (Å²) in [6, 6.07) is 5.56. The van der Waals surface area contributed by atoms with Crippen molar-refractivity contribution in [2.75, 3.05) is 11.2 Å². The number of carbonyl (C=O) groups excluding carboxylic acids is 2. The Morgan fingerprint density at radius 1 is 1.39 bits per heavy atom. The molecule has 0 radical (unpaired) electrons. The number of nitrogens with one attached hydrogen (secondary N) is 2. The Kier molecular flexibility index (Phi) is 3.87. The van der Waals surface area contributed by atoms with Gasteiger partial charge in [-0.1, -0.05) is 6.07 Å². The molecule has 0 saturated heterocycles. The lowest BCUT2D eigenvalue weighted by molar-refractivity contribution is -0.113. The van der Waals surface area contributed by atoms with Gasteiger partial charge in [-0.05, 0) is 37.5 Å². The van der Waals surface area contributed by atoms with Crippen molar-refractivity contribution < 1.29 is 9.59 Å². The molecule has 18 heavy (non-hydrogen) atoms. The molecule has 0 atom stereocenters. The number of hydrogen-bond donors (Lipinski definition) is 2. The Bertz CT molecular complexity index is 484. The molecule has 0 heterocycles. The van der Waals surface area contributed by atoms with E-state index in [4.69, 9.17) is 11.6 Å². The molecule has 0 aliphatic heterocycles. The van der Waals surface area contributed by atoms with Gasteiger partial charge in [-0.2, -0.15) is 0 Å². The van der Waals surface area contributed by atoms with Gasteiger partial charge in [0.05, 0.1) is 0 Å². The van der Waals surface area contributed by atoms with Crippen LogP contribution in [-0.2, 0) is 4.79 Å². The van der Waals surface area contributed by atoms with Crippen molar-refractivity contribution in [3.05, 3.63) is 29.3 Å². The topological polar surface area (TPSA) is 58.2 Å². The van der Waals surface area contributed by atoms with Crippen molar-refractivity contribution in [1.29, 1.82) is 0 Å². The van der Waals surface area contributed by atoms with Gasteiger partial charge >= 0.3 is 0 Å². The molecule has 4 nitrogen and oxygen atoms in total. The number of alkyl halides is 1. The van der Waals surface area contributed by atoms with E-state index in [0.29, 0.717) is 17.3 Å². The standard InChI is InChI=1S/C13H15ClN2O2/c1-8-2-3-9(13(18)15-10-4-5-10)6-11(8)16-12(17)7-14/h2-3,6,10H,4-5,7H2,1H3,(H,15,18)(H,16,17). The van der Waals surface area contributed by atoms with Crippen molar-refractivity contribution in [3.63, 3.8) is 0 Å². The number of carbonyl (C=O) groups is 2. The van der Waals surface area contributed by atoms with Gasteiger partial charge in [0.15, 0.2) is 0 Å². The average molecular weight is 267 g/mol. The Morgan fingerprint density at radius 3 is 2.72 bits per heavy atom. The van der Waals surface area contributed by atoms with Gasteiger partial charge in [0.25, 0.3) is 5.91 Å². The first-order chi connectivity index (χ1) is 8.60. The molecular formula is C13H15ClN2O2. The summed E-state index contributed by atoms with van der Waals surface area (Å²) in [5.74, 6) is -0.476. The first-order valence-electron chi connectivity index (χ1n) is 5.87. The molecule has 0 spiro atoms. The molecule has 2 N–H and O–H groups in total. The molecule has 1 aliphatic rings. The van der Waals surface area contributed by atoms with E-state index in [1.54, 1.807) is 12.1 Å². The van der Waals surface area contributed by atoms with Crippen LogP contribution in [0.3, 0.4) is 0 Å². The van der Waals surface area contributed by atoms with Gasteiger partial charge in [-0.25, -0.2) is 0 Å². The third kappa shape index (κ3) is 3.23. The molecule has 1 saturated carbocycles. The van der Waals surface area contributed by atoms with E-state index in [2.05, 4.69) is 10.6 Å². The van der Waals surface area contributed by atoms with E-state index in [0.717, 1.165) is 18.4 Å². The summed E-state index contributed by atoms with van der Waals surface area (Å²) in [4.78, 5) is 23.1. The Hall–Kier alpha value is -1.55. The van der Waals surface area contributed by atoms with Crippen LogP contribution in [0.2, 0.25) is 0 Å². The quantitative estimate of drug-likeness (QED) is 0.820. The molecule has 0 unspecified atom stereocenters. The summed E-state index contributed by atoms with van der Waals surface area (Å²) in [5, 5.41) is 5.58. The fraction of sp³-hybridized carbons (Fsp3) is 0.385. The smallest absolute Gasteiger partial charge is 0.251 e. The third-order valence-corrected chi connectivity index (χ3v) is 3.05. The normalized spacial score (nSPS) is 14.1. The fourth-order valence-electron chi connectivity index (χ4n) is 1.58. The summed E-state index contributed by atoms with van der Waals surface area (Å²) < 4.78 is 0. The minimum atomic E-state index is -0.278. The highest BCUT2D eigenvalue weighted by molar-refractivity contribution is 6.29. The Labute approximate surface area is 111 Å². The van der Waals surface area contributed by atoms with Gasteiger partial charge in [-0.3, -0.25) is 9.59 Å². The largest absolute Gasteiger partial charge is 0.349 e. The van der Waals surface area contributed by atoms with Crippen LogP contribution >= 0.6 is 11.6 Å². The molecule has 2 rings (SSSR count). The molecule has 2 amide bonds. The van der Waals surface area contributed by atoms with Gasteiger partial charge in [0.1, 0.15) is 5.88 Å². The van der Waals surface area contributed by atoms with Crippen molar-refractivity contribution in [1.82, 2.24) is 5.32 Å². The molecular weight excluding hydrogens is 252 g/mol. The highest BCUT2D eigenvalue weighted by Gasteiger charge is 2.23. The van der Waals surface area contributed by atoms with Gasteiger partial charge in [0, 0.05) is 17.3 Å². The predicted octanol–water partition coefficient (Wildman–Crippen LogP) is 2.06. The molecule has 96 valence electrons. The van der Waals surface area contributed by atoms with Crippen molar-refractivity contribution in [2.24, 2.45) is 0 Å². The number of halogens is 1. The number of hydrogen-bond acceptors (Lipinski definition) is 2. The number of benzene rings is 1. The van der Waals surface area contributed by atoms with Crippen LogP contribution in [0.25, 0.3) is 0 Å². The number of amides is 2. The second-order valence-corrected chi connectivity index (χ2v) is 4.73. The first kappa shape index (κ1) is 12.9. The molecule has 1 aromatic carbocycles. The monoisotopic (exact) mass is 266 g/mol. The van der Waals surface area contributed by atoms with Crippen molar-refractivity contribution >= 4 is 29.1 Å². The summed E-state index contributed by atoms with van der Waals surface area (Å²) in [5.41, 5.74) is 2.08. The van der Waals surface area contributed by atoms with Crippen LogP contribution in [0.5, 0.6) is 0 Å². The van der Waals surface area contributed by atoms with Crippen LogP contribution in [0.15, 0.2) is 18.2 Å². The van der Waals surface area contributed by atoms with E-state index < -0.39 is 0 Å². The minimum Gasteiger partial charge on any atom is -0.349 e. The molecule has 1 aliphatic carbocycles. The maximum atomic E-state index is 11.9. The maximum absolute atomic E-state index is 11.9. The van der Waals surface area contributed by atoms with Crippen LogP contribution in [0, 0.1) is 6.92 Å². The summed E-state index contributed by atoms with van der Waals surface area (Å²) >= 11 is 5.44. The zero-order chi connectivity index (χ0) is 13.1. The van der Waals surface area contributed by atoms with E-state index in [-0.39, 0.29) is 17.7 Å². The predicted molar refractivity (Wildman–Crippen MR) is 71.0 cm³/mol. The number of aryl methyl sites for hydroxylation is 1. The number of anilines is 1. The minimum absolute atomic E-state index is 0.0983. The van der Waals surface area contributed by atoms with Crippen LogP contribution in [0.4, 0.5) is 5.69 Å². The van der Waals surface area contributed by atoms with Crippen LogP contribution < -0.4 is 10.6 Å². The SMILES string of the molecule is Cc1ccc(C(=O)NC2CC2)cc1NC(=O)CCl. The van der Waals surface area contributed by atoms with E-state index in [9.17, 15) is 9.59 Å². The van der Waals surface area contributed by atoms with E-state index in [1.165, 1.54) is 0 Å². The van der Waals surface area contributed by atoms with E-state index in [1.807, 2.05) is 13.0 Å². The Morgan fingerprint density at radius 2 is 2.11 bits per heavy atom. The summed E-state index contributed by atoms with van der Waals surface area (Å²) in [6.45, 7) is 1.87. The summed E-state index contributed by atoms with van der Waals surface area (Å²) in [7, 11) is 0. The molecule has 1 aromatic rings. The molecule has 0 bridgehead atoms. The Balaban J connectivity index is 2.13. The van der Waals surface area contributed by atoms with Crippen molar-refractivity contribution in [2.45, 2.75) is 25.8 Å². The van der Waals surface area contributed by atoms with Crippen LogP contribution in [0.1, 0.15) is 28.8 Å². The lowest BCUT2D eigenvalue weighted by Crippen LogP contribution is -2.25. The van der Waals surface area contributed by atoms with Gasteiger partial charge in [0.2, 0.25) is 5.91 Å². The molecule has 0 aromatic heterocycles. The maximum Gasteiger partial charge on any atom is 0.251 e. The number of rotatable bonds is 4. The van der Waals surface area contributed by atoms with E-state index >= 15 is 0 Å². The third-order valence-electron chi connectivity index (χ3n) is 2.81. The molecule has 1 fully saturated rings. The van der Waals surface area contributed by atoms with Gasteiger partial charge < -0.3 is 10.6 Å². The zero-order valence-corrected chi connectivity index (χ0v) is 10.9. The van der Waals surface area contributed by atoms with Crippen LogP contribution in [-0.4, -0.2) is 23.7 Å². The highest BCUT2D eigenvalue weighted by Crippen LogP contribution is 2.21. The fourth-order valence-corrected chi connectivity index (χ4v) is 1.64. The highest BCUT2D eigenvalue weighted by atomic mass is 35.5. The second-order valence-electron chi connectivity index (χ2n) is 4.46. The second kappa shape index (κ2) is 5.40. The zero-order valence-electron chi connectivity index (χ0n) is 10.1. The van der Waals surface area contributed by atoms with Gasteiger partial charge in [-0.15, -0.1) is 11.6 Å². The average Bonchev–Trinajstić information content (AvgIpc) is 3.15. The van der Waals surface area contributed by atoms with Crippen molar-refractivity contribution in [3.8, 4) is 0 Å².